The third-order valence-corrected chi connectivity index (χ3v) is 6.34. The van der Waals surface area contributed by atoms with Gasteiger partial charge in [0.25, 0.3) is 5.91 Å². The molecule has 2 aromatic carbocycles. The largest absolute Gasteiger partial charge is 0.434 e. The highest BCUT2D eigenvalue weighted by atomic mass is 19.3. The molecule has 2 aliphatic heterocycles. The monoisotopic (exact) mass is 460 g/mol. The van der Waals surface area contributed by atoms with Crippen molar-refractivity contribution in [2.24, 2.45) is 7.05 Å². The smallest absolute Gasteiger partial charge is 0.387 e. The van der Waals surface area contributed by atoms with Crippen LogP contribution >= 0.6 is 0 Å². The summed E-state index contributed by atoms with van der Waals surface area (Å²) in [5, 5.41) is 7.86. The van der Waals surface area contributed by atoms with Crippen molar-refractivity contribution in [2.75, 3.05) is 7.05 Å². The summed E-state index contributed by atoms with van der Waals surface area (Å²) in [6, 6.07) is 9.69. The standard InChI is InChI=1S/C24H18F2N6O2/c1-30-12-14(28-29-30)8-6-13-7-9-16-17(10-13)32-18-11-19(22(32)27-16)31(2)23(33)15-4-3-5-20(21(15)18)34-24(25)26/h3-5,7,9-10,12,18-19,24H,11H2,1-2H3/t18-,19-/m1/s1. The molecule has 4 heterocycles. The minimum atomic E-state index is -3.00. The maximum absolute atomic E-state index is 13.2. The number of halogens is 2. The van der Waals surface area contributed by atoms with Gasteiger partial charge >= 0.3 is 6.61 Å². The quantitative estimate of drug-likeness (QED) is 0.429. The van der Waals surface area contributed by atoms with Gasteiger partial charge in [0.2, 0.25) is 0 Å². The lowest BCUT2D eigenvalue weighted by molar-refractivity contribution is -0.0507. The molecule has 170 valence electrons. The van der Waals surface area contributed by atoms with Crippen molar-refractivity contribution in [3.63, 3.8) is 0 Å². The molecule has 0 fully saturated rings. The van der Waals surface area contributed by atoms with Gasteiger partial charge in [-0.3, -0.25) is 9.48 Å². The van der Waals surface area contributed by atoms with Crippen molar-refractivity contribution in [1.82, 2.24) is 29.4 Å². The zero-order chi connectivity index (χ0) is 23.6. The average Bonchev–Trinajstić information content (AvgIpc) is 3.48. The molecule has 10 heteroatoms. The second-order valence-electron chi connectivity index (χ2n) is 8.35. The van der Waals surface area contributed by atoms with Gasteiger partial charge in [0, 0.05) is 37.2 Å². The van der Waals surface area contributed by atoms with Crippen molar-refractivity contribution in [3.05, 3.63) is 70.8 Å². The van der Waals surface area contributed by atoms with Gasteiger partial charge in [0.15, 0.2) is 5.69 Å². The summed E-state index contributed by atoms with van der Waals surface area (Å²) in [4.78, 5) is 19.6. The van der Waals surface area contributed by atoms with Crippen LogP contribution in [0.3, 0.4) is 0 Å². The van der Waals surface area contributed by atoms with Crippen LogP contribution in [-0.2, 0) is 7.05 Å². The van der Waals surface area contributed by atoms with Crippen LogP contribution in [0.1, 0.15) is 51.5 Å². The molecule has 2 aromatic heterocycles. The number of aryl methyl sites for hydroxylation is 1. The zero-order valence-corrected chi connectivity index (χ0v) is 18.2. The molecule has 2 atom stereocenters. The number of amides is 1. The molecule has 1 amide bonds. The number of hydrogen-bond donors (Lipinski definition) is 0. The van der Waals surface area contributed by atoms with E-state index in [-0.39, 0.29) is 23.7 Å². The number of rotatable bonds is 2. The summed E-state index contributed by atoms with van der Waals surface area (Å²) in [5.74, 6) is 6.57. The maximum atomic E-state index is 13.2. The lowest BCUT2D eigenvalue weighted by atomic mass is 9.97. The number of hydrogen-bond acceptors (Lipinski definition) is 5. The van der Waals surface area contributed by atoms with Crippen LogP contribution in [0.2, 0.25) is 0 Å². The van der Waals surface area contributed by atoms with E-state index in [9.17, 15) is 13.6 Å². The highest BCUT2D eigenvalue weighted by molar-refractivity contribution is 5.97. The number of carbonyl (C=O) groups is 1. The normalized spacial score (nSPS) is 18.5. The Morgan fingerprint density at radius 3 is 2.76 bits per heavy atom. The Labute approximate surface area is 192 Å². The fourth-order valence-corrected chi connectivity index (χ4v) is 4.90. The third kappa shape index (κ3) is 3.04. The van der Waals surface area contributed by atoms with Crippen molar-refractivity contribution in [2.45, 2.75) is 25.1 Å². The Morgan fingerprint density at radius 1 is 1.15 bits per heavy atom. The van der Waals surface area contributed by atoms with Crippen LogP contribution in [0, 0.1) is 11.8 Å². The number of carbonyl (C=O) groups excluding carboxylic acids is 1. The third-order valence-electron chi connectivity index (χ3n) is 6.34. The molecule has 0 N–H and O–H groups in total. The van der Waals surface area contributed by atoms with Gasteiger partial charge in [-0.15, -0.1) is 5.10 Å². The average molecular weight is 460 g/mol. The fraction of sp³-hybridized carbons (Fsp3) is 0.250. The second kappa shape index (κ2) is 7.38. The van der Waals surface area contributed by atoms with Crippen molar-refractivity contribution < 1.29 is 18.3 Å². The van der Waals surface area contributed by atoms with E-state index in [1.54, 1.807) is 42.0 Å². The Kier molecular flexibility index (Phi) is 4.42. The summed E-state index contributed by atoms with van der Waals surface area (Å²) in [5.41, 5.74) is 3.67. The van der Waals surface area contributed by atoms with E-state index in [4.69, 9.17) is 9.72 Å². The topological polar surface area (TPSA) is 78.1 Å². The SMILES string of the molecule is CN1C(=O)c2cccc(OC(F)F)c2[C@H]2C[C@@H]1c1nc3ccc(C#Cc4cn(C)nn4)cc3n12. The van der Waals surface area contributed by atoms with E-state index < -0.39 is 6.61 Å². The number of aromatic nitrogens is 5. The molecule has 6 rings (SSSR count). The number of alkyl halides is 2. The number of fused-ring (bicyclic) bond motifs is 9. The lowest BCUT2D eigenvalue weighted by Crippen LogP contribution is -2.30. The number of imidazole rings is 1. The molecule has 2 aliphatic rings. The van der Waals surface area contributed by atoms with Gasteiger partial charge in [-0.1, -0.05) is 17.2 Å². The van der Waals surface area contributed by atoms with Gasteiger partial charge in [-0.25, -0.2) is 4.98 Å². The van der Waals surface area contributed by atoms with Crippen molar-refractivity contribution >= 4 is 16.9 Å². The summed E-state index contributed by atoms with van der Waals surface area (Å²) < 4.78 is 34.9. The molecule has 0 unspecified atom stereocenters. The lowest BCUT2D eigenvalue weighted by Gasteiger charge is -2.24. The van der Waals surface area contributed by atoms with Gasteiger partial charge in [-0.05, 0) is 36.3 Å². The first kappa shape index (κ1) is 20.4. The summed E-state index contributed by atoms with van der Waals surface area (Å²) in [7, 11) is 3.48. The minimum Gasteiger partial charge on any atom is -0.434 e. The van der Waals surface area contributed by atoms with Gasteiger partial charge < -0.3 is 14.2 Å². The Morgan fingerprint density at radius 2 is 2.00 bits per heavy atom. The predicted octanol–water partition coefficient (Wildman–Crippen LogP) is 3.29. The fourth-order valence-electron chi connectivity index (χ4n) is 4.90. The molecule has 0 saturated carbocycles. The molecule has 0 spiro atoms. The van der Waals surface area contributed by atoms with E-state index in [0.29, 0.717) is 29.1 Å². The molecule has 8 nitrogen and oxygen atoms in total. The van der Waals surface area contributed by atoms with Gasteiger partial charge in [-0.2, -0.15) is 8.78 Å². The van der Waals surface area contributed by atoms with Crippen LogP contribution in [0.5, 0.6) is 5.75 Å². The van der Waals surface area contributed by atoms with Crippen LogP contribution in [0.15, 0.2) is 42.6 Å². The second-order valence-corrected chi connectivity index (χ2v) is 8.35. The van der Waals surface area contributed by atoms with Gasteiger partial charge in [0.05, 0.1) is 29.3 Å². The predicted molar refractivity (Wildman–Crippen MR) is 117 cm³/mol. The molecule has 4 aromatic rings. The summed E-state index contributed by atoms with van der Waals surface area (Å²) in [6.07, 6.45) is 2.25. The molecule has 0 radical (unpaired) electrons. The molecule has 0 aliphatic carbocycles. The summed E-state index contributed by atoms with van der Waals surface area (Å²) >= 11 is 0. The highest BCUT2D eigenvalue weighted by Gasteiger charge is 2.44. The number of benzene rings is 2. The van der Waals surface area contributed by atoms with E-state index in [2.05, 4.69) is 22.2 Å². The highest BCUT2D eigenvalue weighted by Crippen LogP contribution is 2.49. The zero-order valence-electron chi connectivity index (χ0n) is 18.2. The molecule has 34 heavy (non-hydrogen) atoms. The van der Waals surface area contributed by atoms with E-state index in [1.807, 2.05) is 22.8 Å². The molecule has 0 saturated heterocycles. The molecule has 2 bridgehead atoms. The summed E-state index contributed by atoms with van der Waals surface area (Å²) in [6.45, 7) is -3.00. The molecular formula is C24H18F2N6O2. The number of nitrogens with zero attached hydrogens (tertiary/aromatic N) is 6. The minimum absolute atomic E-state index is 0.00759. The Bertz CT molecular complexity index is 1530. The van der Waals surface area contributed by atoms with Crippen LogP contribution in [0.4, 0.5) is 8.78 Å². The number of ether oxygens (including phenoxy) is 1. The Hall–Kier alpha value is -4.26. The van der Waals surface area contributed by atoms with Gasteiger partial charge in [0.1, 0.15) is 11.6 Å². The first-order chi connectivity index (χ1) is 16.4. The van der Waals surface area contributed by atoms with E-state index in [0.717, 1.165) is 16.6 Å². The van der Waals surface area contributed by atoms with Crippen LogP contribution < -0.4 is 4.74 Å². The van der Waals surface area contributed by atoms with Crippen molar-refractivity contribution in [3.8, 4) is 17.6 Å². The maximum Gasteiger partial charge on any atom is 0.387 e. The first-order valence-corrected chi connectivity index (χ1v) is 10.7. The Balaban J connectivity index is 1.53. The van der Waals surface area contributed by atoms with Crippen LogP contribution in [0.25, 0.3) is 11.0 Å². The van der Waals surface area contributed by atoms with E-state index in [1.165, 1.54) is 6.07 Å². The molecular weight excluding hydrogens is 442 g/mol. The van der Waals surface area contributed by atoms with Crippen molar-refractivity contribution in [1.29, 1.82) is 0 Å². The first-order valence-electron chi connectivity index (χ1n) is 10.7. The van der Waals surface area contributed by atoms with E-state index >= 15 is 0 Å². The van der Waals surface area contributed by atoms with Crippen LogP contribution in [-0.4, -0.2) is 49.0 Å².